The van der Waals surface area contributed by atoms with E-state index in [0.717, 1.165) is 11.1 Å². The zero-order chi connectivity index (χ0) is 14.0. The molecule has 0 aliphatic carbocycles. The number of aryl methyl sites for hydroxylation is 3. The van der Waals surface area contributed by atoms with E-state index in [2.05, 4.69) is 5.16 Å². The van der Waals surface area contributed by atoms with Gasteiger partial charge >= 0.3 is 5.97 Å². The maximum atomic E-state index is 12.0. The van der Waals surface area contributed by atoms with Crippen LogP contribution in [0, 0.1) is 20.8 Å². The molecule has 4 heteroatoms. The van der Waals surface area contributed by atoms with Gasteiger partial charge in [-0.05, 0) is 44.9 Å². The van der Waals surface area contributed by atoms with Crippen LogP contribution >= 0.6 is 0 Å². The molecule has 1 heterocycles. The molecule has 2 aromatic rings. The molecular formula is C15H17NO3. The second kappa shape index (κ2) is 5.26. The van der Waals surface area contributed by atoms with Crippen LogP contribution in [0.25, 0.3) is 11.3 Å². The number of benzene rings is 1. The normalized spacial score (nSPS) is 10.5. The summed E-state index contributed by atoms with van der Waals surface area (Å²) < 4.78 is 10.2. The first kappa shape index (κ1) is 13.3. The maximum Gasteiger partial charge on any atom is 0.344 e. The topological polar surface area (TPSA) is 52.3 Å². The van der Waals surface area contributed by atoms with E-state index in [9.17, 15) is 4.79 Å². The van der Waals surface area contributed by atoms with Gasteiger partial charge in [-0.2, -0.15) is 0 Å². The van der Waals surface area contributed by atoms with Crippen molar-refractivity contribution < 1.29 is 14.1 Å². The molecule has 0 atom stereocenters. The fraction of sp³-hybridized carbons (Fsp3) is 0.333. The van der Waals surface area contributed by atoms with Crippen molar-refractivity contribution in [3.05, 3.63) is 40.6 Å². The average Bonchev–Trinajstić information content (AvgIpc) is 2.75. The van der Waals surface area contributed by atoms with Crippen molar-refractivity contribution in [3.63, 3.8) is 0 Å². The lowest BCUT2D eigenvalue weighted by molar-refractivity contribution is 0.0525. The Labute approximate surface area is 112 Å². The second-order valence-corrected chi connectivity index (χ2v) is 4.48. The molecule has 4 nitrogen and oxygen atoms in total. The number of carbonyl (C=O) groups excluding carboxylic acids is 1. The van der Waals surface area contributed by atoms with Crippen molar-refractivity contribution in [1.82, 2.24) is 5.16 Å². The van der Waals surface area contributed by atoms with Gasteiger partial charge in [0.2, 0.25) is 0 Å². The minimum Gasteiger partial charge on any atom is -0.462 e. The summed E-state index contributed by atoms with van der Waals surface area (Å²) in [6, 6.07) is 5.93. The number of carbonyl (C=O) groups is 1. The molecule has 0 fully saturated rings. The van der Waals surface area contributed by atoms with Crippen molar-refractivity contribution in [2.45, 2.75) is 27.7 Å². The predicted molar refractivity (Wildman–Crippen MR) is 72.1 cm³/mol. The third-order valence-corrected chi connectivity index (χ3v) is 3.12. The molecule has 100 valence electrons. The molecule has 1 aromatic heterocycles. The maximum absolute atomic E-state index is 12.0. The van der Waals surface area contributed by atoms with Crippen LogP contribution in [0.5, 0.6) is 0 Å². The zero-order valence-corrected chi connectivity index (χ0v) is 11.6. The van der Waals surface area contributed by atoms with E-state index in [1.807, 2.05) is 32.0 Å². The SMILES string of the molecule is CCOC(=O)c1c(-c2ccc(C)c(C)c2)noc1C. The molecule has 1 aromatic carbocycles. The summed E-state index contributed by atoms with van der Waals surface area (Å²) in [4.78, 5) is 12.0. The van der Waals surface area contributed by atoms with Gasteiger partial charge in [-0.3, -0.25) is 0 Å². The van der Waals surface area contributed by atoms with Gasteiger partial charge in [0.15, 0.2) is 0 Å². The molecule has 0 bridgehead atoms. The van der Waals surface area contributed by atoms with Gasteiger partial charge < -0.3 is 9.26 Å². The Balaban J connectivity index is 2.50. The molecule has 0 aliphatic heterocycles. The lowest BCUT2D eigenvalue weighted by atomic mass is 10.0. The third kappa shape index (κ3) is 2.52. The molecule has 0 saturated carbocycles. The van der Waals surface area contributed by atoms with Crippen LogP contribution in [-0.4, -0.2) is 17.7 Å². The van der Waals surface area contributed by atoms with Crippen LogP contribution < -0.4 is 0 Å². The molecule has 0 radical (unpaired) electrons. The first-order chi connectivity index (χ1) is 9.04. The molecule has 0 saturated heterocycles. The minimum atomic E-state index is -0.394. The van der Waals surface area contributed by atoms with Gasteiger partial charge in [-0.15, -0.1) is 0 Å². The standard InChI is InChI=1S/C15H17NO3/c1-5-18-15(17)13-11(4)19-16-14(13)12-7-6-9(2)10(3)8-12/h6-8H,5H2,1-4H3. The van der Waals surface area contributed by atoms with Crippen molar-refractivity contribution in [3.8, 4) is 11.3 Å². The van der Waals surface area contributed by atoms with Gasteiger partial charge in [-0.1, -0.05) is 17.3 Å². The summed E-state index contributed by atoms with van der Waals surface area (Å²) in [5.74, 6) is 0.0844. The molecule has 2 rings (SSSR count). The van der Waals surface area contributed by atoms with Crippen LogP contribution in [0.2, 0.25) is 0 Å². The second-order valence-electron chi connectivity index (χ2n) is 4.48. The fourth-order valence-electron chi connectivity index (χ4n) is 1.90. The van der Waals surface area contributed by atoms with E-state index in [4.69, 9.17) is 9.26 Å². The first-order valence-electron chi connectivity index (χ1n) is 6.25. The molecule has 0 amide bonds. The van der Waals surface area contributed by atoms with Crippen LogP contribution in [-0.2, 0) is 4.74 Å². The predicted octanol–water partition coefficient (Wildman–Crippen LogP) is 3.44. The van der Waals surface area contributed by atoms with Crippen LogP contribution in [0.3, 0.4) is 0 Å². The largest absolute Gasteiger partial charge is 0.462 e. The van der Waals surface area contributed by atoms with Crippen molar-refractivity contribution in [2.75, 3.05) is 6.61 Å². The number of rotatable bonds is 3. The number of hydrogen-bond donors (Lipinski definition) is 0. The Kier molecular flexibility index (Phi) is 3.69. The molecule has 0 unspecified atom stereocenters. The Morgan fingerprint density at radius 2 is 2.00 bits per heavy atom. The van der Waals surface area contributed by atoms with Crippen molar-refractivity contribution >= 4 is 5.97 Å². The molecule has 0 N–H and O–H groups in total. The molecule has 0 aliphatic rings. The monoisotopic (exact) mass is 259 g/mol. The average molecular weight is 259 g/mol. The number of aromatic nitrogens is 1. The van der Waals surface area contributed by atoms with E-state index in [0.29, 0.717) is 23.6 Å². The summed E-state index contributed by atoms with van der Waals surface area (Å²) in [6.45, 7) is 7.88. The van der Waals surface area contributed by atoms with E-state index in [1.165, 1.54) is 5.56 Å². The highest BCUT2D eigenvalue weighted by Gasteiger charge is 2.22. The molecule has 19 heavy (non-hydrogen) atoms. The Hall–Kier alpha value is -2.10. The van der Waals surface area contributed by atoms with E-state index in [1.54, 1.807) is 13.8 Å². The first-order valence-corrected chi connectivity index (χ1v) is 6.25. The Morgan fingerprint density at radius 1 is 1.26 bits per heavy atom. The van der Waals surface area contributed by atoms with Crippen LogP contribution in [0.1, 0.15) is 34.2 Å². The van der Waals surface area contributed by atoms with E-state index < -0.39 is 5.97 Å². The highest BCUT2D eigenvalue weighted by molar-refractivity contribution is 5.97. The lowest BCUT2D eigenvalue weighted by Crippen LogP contribution is -2.06. The summed E-state index contributed by atoms with van der Waals surface area (Å²) in [5.41, 5.74) is 4.15. The summed E-state index contributed by atoms with van der Waals surface area (Å²) >= 11 is 0. The van der Waals surface area contributed by atoms with E-state index >= 15 is 0 Å². The summed E-state index contributed by atoms with van der Waals surface area (Å²) in [5, 5.41) is 3.98. The molecular weight excluding hydrogens is 242 g/mol. The summed E-state index contributed by atoms with van der Waals surface area (Å²) in [6.07, 6.45) is 0. The van der Waals surface area contributed by atoms with Gasteiger partial charge in [0.1, 0.15) is 17.0 Å². The Bertz CT molecular complexity index is 614. The van der Waals surface area contributed by atoms with Crippen LogP contribution in [0.15, 0.2) is 22.7 Å². The van der Waals surface area contributed by atoms with E-state index in [-0.39, 0.29) is 0 Å². The molecule has 0 spiro atoms. The quantitative estimate of drug-likeness (QED) is 0.792. The summed E-state index contributed by atoms with van der Waals surface area (Å²) in [7, 11) is 0. The van der Waals surface area contributed by atoms with Crippen molar-refractivity contribution in [2.24, 2.45) is 0 Å². The number of esters is 1. The van der Waals surface area contributed by atoms with Gasteiger partial charge in [-0.25, -0.2) is 4.79 Å². The smallest absolute Gasteiger partial charge is 0.344 e. The minimum absolute atomic E-state index is 0.329. The van der Waals surface area contributed by atoms with Crippen molar-refractivity contribution in [1.29, 1.82) is 0 Å². The highest BCUT2D eigenvalue weighted by atomic mass is 16.5. The van der Waals surface area contributed by atoms with Gasteiger partial charge in [0.25, 0.3) is 0 Å². The lowest BCUT2D eigenvalue weighted by Gasteiger charge is -2.05. The van der Waals surface area contributed by atoms with Gasteiger partial charge in [0, 0.05) is 5.56 Å². The highest BCUT2D eigenvalue weighted by Crippen LogP contribution is 2.27. The number of hydrogen-bond acceptors (Lipinski definition) is 4. The third-order valence-electron chi connectivity index (χ3n) is 3.12. The zero-order valence-electron chi connectivity index (χ0n) is 11.6. The van der Waals surface area contributed by atoms with Gasteiger partial charge in [0.05, 0.1) is 6.61 Å². The Morgan fingerprint density at radius 3 is 2.63 bits per heavy atom. The fourth-order valence-corrected chi connectivity index (χ4v) is 1.90. The number of ether oxygens (including phenoxy) is 1. The number of nitrogens with zero attached hydrogens (tertiary/aromatic N) is 1. The van der Waals surface area contributed by atoms with Crippen LogP contribution in [0.4, 0.5) is 0 Å².